The first kappa shape index (κ1) is 20.2. The zero-order chi connectivity index (χ0) is 19.8. The maximum absolute atomic E-state index is 12.1. The van der Waals surface area contributed by atoms with E-state index in [0.717, 1.165) is 11.1 Å². The number of amides is 3. The Labute approximate surface area is 159 Å². The number of rotatable bonds is 7. The van der Waals surface area contributed by atoms with Crippen molar-refractivity contribution in [2.45, 2.75) is 33.6 Å². The molecule has 0 aliphatic heterocycles. The van der Waals surface area contributed by atoms with Crippen molar-refractivity contribution in [1.82, 2.24) is 5.32 Å². The summed E-state index contributed by atoms with van der Waals surface area (Å²) < 4.78 is 0. The molecule has 0 saturated heterocycles. The maximum Gasteiger partial charge on any atom is 0.243 e. The fourth-order valence-corrected chi connectivity index (χ4v) is 2.53. The lowest BCUT2D eigenvalue weighted by Gasteiger charge is -2.13. The van der Waals surface area contributed by atoms with Crippen LogP contribution in [0.5, 0.6) is 0 Å². The Kier molecular flexibility index (Phi) is 7.11. The van der Waals surface area contributed by atoms with Gasteiger partial charge in [-0.1, -0.05) is 35.9 Å². The van der Waals surface area contributed by atoms with Crippen LogP contribution in [0.2, 0.25) is 0 Å². The molecular weight excluding hydrogens is 342 g/mol. The molecule has 6 heteroatoms. The van der Waals surface area contributed by atoms with E-state index in [9.17, 15) is 14.4 Å². The van der Waals surface area contributed by atoms with E-state index < -0.39 is 0 Å². The van der Waals surface area contributed by atoms with E-state index in [1.807, 2.05) is 44.2 Å². The summed E-state index contributed by atoms with van der Waals surface area (Å²) in [5.41, 5.74) is 4.23. The first-order valence-corrected chi connectivity index (χ1v) is 8.84. The van der Waals surface area contributed by atoms with Crippen molar-refractivity contribution in [3.05, 3.63) is 59.2 Å². The van der Waals surface area contributed by atoms with Crippen molar-refractivity contribution in [3.8, 4) is 0 Å². The Balaban J connectivity index is 1.83. The third-order valence-electron chi connectivity index (χ3n) is 3.97. The molecule has 2 rings (SSSR count). The predicted molar refractivity (Wildman–Crippen MR) is 107 cm³/mol. The third-order valence-corrected chi connectivity index (χ3v) is 3.97. The summed E-state index contributed by atoms with van der Waals surface area (Å²) in [6.07, 6.45) is 0.941. The van der Waals surface area contributed by atoms with Gasteiger partial charge in [-0.2, -0.15) is 0 Å². The topological polar surface area (TPSA) is 87.3 Å². The molecule has 6 nitrogen and oxygen atoms in total. The van der Waals surface area contributed by atoms with Crippen LogP contribution < -0.4 is 16.0 Å². The van der Waals surface area contributed by atoms with E-state index in [1.165, 1.54) is 12.5 Å². The van der Waals surface area contributed by atoms with Crippen LogP contribution in [0.25, 0.3) is 0 Å². The normalized spacial score (nSPS) is 10.2. The van der Waals surface area contributed by atoms with Crippen LogP contribution >= 0.6 is 0 Å². The van der Waals surface area contributed by atoms with Gasteiger partial charge in [-0.3, -0.25) is 14.4 Å². The summed E-state index contributed by atoms with van der Waals surface area (Å²) in [5, 5.41) is 8.02. The summed E-state index contributed by atoms with van der Waals surface area (Å²) in [6, 6.07) is 13.3. The molecule has 0 aliphatic carbocycles. The Morgan fingerprint density at radius 1 is 0.815 bits per heavy atom. The van der Waals surface area contributed by atoms with Crippen molar-refractivity contribution in [2.24, 2.45) is 0 Å². The minimum Gasteiger partial charge on any atom is -0.347 e. The van der Waals surface area contributed by atoms with Gasteiger partial charge in [-0.25, -0.2) is 0 Å². The highest BCUT2D eigenvalue weighted by atomic mass is 16.2. The molecular formula is C21H25N3O3. The van der Waals surface area contributed by atoms with Gasteiger partial charge in [0.05, 0.1) is 17.9 Å². The van der Waals surface area contributed by atoms with Crippen molar-refractivity contribution < 1.29 is 14.4 Å². The molecule has 2 aromatic rings. The summed E-state index contributed by atoms with van der Waals surface area (Å²) in [5.74, 6) is -0.758. The van der Waals surface area contributed by atoms with Crippen LogP contribution in [0.15, 0.2) is 42.5 Å². The monoisotopic (exact) mass is 367 g/mol. The van der Waals surface area contributed by atoms with Crippen LogP contribution in [-0.2, 0) is 20.8 Å². The van der Waals surface area contributed by atoms with Crippen LogP contribution in [0.3, 0.4) is 0 Å². The van der Waals surface area contributed by atoms with Crippen molar-refractivity contribution >= 4 is 29.1 Å². The first-order valence-electron chi connectivity index (χ1n) is 8.84. The Hall–Kier alpha value is -3.15. The van der Waals surface area contributed by atoms with Gasteiger partial charge >= 0.3 is 0 Å². The highest BCUT2D eigenvalue weighted by Gasteiger charge is 2.10. The highest BCUT2D eigenvalue weighted by Crippen LogP contribution is 2.23. The van der Waals surface area contributed by atoms with Crippen molar-refractivity contribution in [3.63, 3.8) is 0 Å². The Morgan fingerprint density at radius 2 is 1.48 bits per heavy atom. The molecule has 0 unspecified atom stereocenters. The molecule has 0 aliphatic rings. The molecule has 3 N–H and O–H groups in total. The second-order valence-corrected chi connectivity index (χ2v) is 6.54. The molecule has 142 valence electrons. The van der Waals surface area contributed by atoms with Gasteiger partial charge in [0.25, 0.3) is 0 Å². The highest BCUT2D eigenvalue weighted by molar-refractivity contribution is 6.00. The molecule has 0 radical (unpaired) electrons. The van der Waals surface area contributed by atoms with Crippen molar-refractivity contribution in [1.29, 1.82) is 0 Å². The molecule has 0 heterocycles. The van der Waals surface area contributed by atoms with Crippen LogP contribution in [-0.4, -0.2) is 24.3 Å². The van der Waals surface area contributed by atoms with Gasteiger partial charge in [-0.05, 0) is 43.5 Å². The lowest BCUT2D eigenvalue weighted by atomic mass is 10.1. The maximum atomic E-state index is 12.1. The second-order valence-electron chi connectivity index (χ2n) is 6.54. The summed E-state index contributed by atoms with van der Waals surface area (Å²) in [6.45, 7) is 5.18. The smallest absolute Gasteiger partial charge is 0.243 e. The average molecular weight is 367 g/mol. The number of hydrogen-bond acceptors (Lipinski definition) is 3. The number of hydrogen-bond donors (Lipinski definition) is 3. The van der Waals surface area contributed by atoms with Gasteiger partial charge in [0.2, 0.25) is 17.7 Å². The van der Waals surface area contributed by atoms with E-state index in [-0.39, 0.29) is 24.3 Å². The van der Waals surface area contributed by atoms with Gasteiger partial charge < -0.3 is 16.0 Å². The SMILES string of the molecule is CC(=O)Nc1ccc(C)cc1NC(=O)CNC(=O)CCc1ccc(C)cc1. The van der Waals surface area contributed by atoms with Crippen LogP contribution in [0.4, 0.5) is 11.4 Å². The Bertz CT molecular complexity index is 829. The number of carbonyl (C=O) groups excluding carboxylic acids is 3. The molecule has 0 saturated carbocycles. The molecule has 27 heavy (non-hydrogen) atoms. The average Bonchev–Trinajstić information content (AvgIpc) is 2.61. The minimum absolute atomic E-state index is 0.125. The van der Waals surface area contributed by atoms with E-state index in [4.69, 9.17) is 0 Å². The van der Waals surface area contributed by atoms with E-state index >= 15 is 0 Å². The van der Waals surface area contributed by atoms with Gasteiger partial charge in [0.15, 0.2) is 0 Å². The molecule has 3 amide bonds. The van der Waals surface area contributed by atoms with E-state index in [2.05, 4.69) is 16.0 Å². The third kappa shape index (κ3) is 6.93. The minimum atomic E-state index is -0.351. The predicted octanol–water partition coefficient (Wildman–Crippen LogP) is 2.95. The number of anilines is 2. The van der Waals surface area contributed by atoms with Crippen molar-refractivity contribution in [2.75, 3.05) is 17.2 Å². The molecule has 2 aromatic carbocycles. The lowest BCUT2D eigenvalue weighted by Crippen LogP contribution is -2.33. The lowest BCUT2D eigenvalue weighted by molar-refractivity contribution is -0.124. The van der Waals surface area contributed by atoms with E-state index in [0.29, 0.717) is 24.2 Å². The molecule has 0 fully saturated rings. The quantitative estimate of drug-likeness (QED) is 0.703. The fourth-order valence-electron chi connectivity index (χ4n) is 2.53. The van der Waals surface area contributed by atoms with Gasteiger partial charge in [-0.15, -0.1) is 0 Å². The number of nitrogens with one attached hydrogen (secondary N) is 3. The second kappa shape index (κ2) is 9.52. The summed E-state index contributed by atoms with van der Waals surface area (Å²) in [7, 11) is 0. The summed E-state index contributed by atoms with van der Waals surface area (Å²) >= 11 is 0. The van der Waals surface area contributed by atoms with Crippen LogP contribution in [0, 0.1) is 13.8 Å². The molecule has 0 aromatic heterocycles. The molecule has 0 spiro atoms. The number of carbonyl (C=O) groups is 3. The standard InChI is InChI=1S/C21H25N3O3/c1-14-4-7-17(8-5-14)9-11-20(26)22-13-21(27)24-19-12-15(2)6-10-18(19)23-16(3)25/h4-8,10,12H,9,11,13H2,1-3H3,(H,22,26)(H,23,25)(H,24,27). The van der Waals surface area contributed by atoms with Crippen LogP contribution in [0.1, 0.15) is 30.0 Å². The Morgan fingerprint density at radius 3 is 2.15 bits per heavy atom. The zero-order valence-electron chi connectivity index (χ0n) is 15.9. The molecule has 0 atom stereocenters. The fraction of sp³-hybridized carbons (Fsp3) is 0.286. The number of benzene rings is 2. The largest absolute Gasteiger partial charge is 0.347 e. The van der Waals surface area contributed by atoms with Gasteiger partial charge in [0.1, 0.15) is 0 Å². The number of aryl methyl sites for hydroxylation is 3. The first-order chi connectivity index (χ1) is 12.8. The molecule has 0 bridgehead atoms. The van der Waals surface area contributed by atoms with E-state index in [1.54, 1.807) is 12.1 Å². The van der Waals surface area contributed by atoms with Gasteiger partial charge in [0, 0.05) is 13.3 Å². The summed E-state index contributed by atoms with van der Waals surface area (Å²) in [4.78, 5) is 35.4. The zero-order valence-corrected chi connectivity index (χ0v) is 15.9.